The molecule has 0 saturated carbocycles. The summed E-state index contributed by atoms with van der Waals surface area (Å²) in [6.07, 6.45) is -2.03. The Morgan fingerprint density at radius 2 is 1.61 bits per heavy atom. The summed E-state index contributed by atoms with van der Waals surface area (Å²) in [5.74, 6) is -0.241. The van der Waals surface area contributed by atoms with Crippen LogP contribution in [-0.4, -0.2) is 15.7 Å². The van der Waals surface area contributed by atoms with Crippen molar-refractivity contribution in [2.75, 3.05) is 5.32 Å². The lowest BCUT2D eigenvalue weighted by atomic mass is 10.1. The monoisotopic (exact) mass is 445 g/mol. The number of aromatic nitrogens is 2. The summed E-state index contributed by atoms with van der Waals surface area (Å²) in [4.78, 5) is 4.65. The summed E-state index contributed by atoms with van der Waals surface area (Å²) in [6.45, 7) is 2.64. The van der Waals surface area contributed by atoms with Crippen molar-refractivity contribution >= 4 is 22.9 Å². The van der Waals surface area contributed by atoms with Gasteiger partial charge in [0.05, 0.1) is 23.0 Å². The minimum atomic E-state index is -4.70. The zero-order chi connectivity index (χ0) is 22.0. The fourth-order valence-corrected chi connectivity index (χ4v) is 3.56. The molecule has 2 heterocycles. The number of rotatable bonds is 6. The predicted molar refractivity (Wildman–Crippen MR) is 115 cm³/mol. The lowest BCUT2D eigenvalue weighted by Gasteiger charge is -2.11. The number of pyridine rings is 1. The number of alkyl halides is 3. The average molecular weight is 446 g/mol. The number of nitrogens with zero attached hydrogens (tertiary/aromatic N) is 2. The van der Waals surface area contributed by atoms with Crippen LogP contribution in [-0.2, 0) is 13.0 Å². The zero-order valence-electron chi connectivity index (χ0n) is 16.6. The van der Waals surface area contributed by atoms with Gasteiger partial charge in [0.1, 0.15) is 11.4 Å². The molecule has 8 heteroatoms. The number of anilines is 1. The molecule has 0 radical (unpaired) electrons. The first-order valence-corrected chi connectivity index (χ1v) is 10.1. The summed E-state index contributed by atoms with van der Waals surface area (Å²) in [5.41, 5.74) is 5.51. The largest absolute Gasteiger partial charge is 0.573 e. The van der Waals surface area contributed by atoms with E-state index >= 15 is 0 Å². The molecule has 160 valence electrons. The van der Waals surface area contributed by atoms with Crippen LogP contribution >= 0.6 is 11.6 Å². The summed E-state index contributed by atoms with van der Waals surface area (Å²) in [5, 5.41) is 4.04. The van der Waals surface area contributed by atoms with Gasteiger partial charge in [-0.15, -0.1) is 13.2 Å². The van der Waals surface area contributed by atoms with E-state index in [1.54, 1.807) is 12.1 Å². The second-order valence-corrected chi connectivity index (χ2v) is 7.37. The summed E-state index contributed by atoms with van der Waals surface area (Å²) in [6, 6.07) is 17.2. The van der Waals surface area contributed by atoms with Gasteiger partial charge in [0.15, 0.2) is 0 Å². The lowest BCUT2D eigenvalue weighted by Crippen LogP contribution is -2.16. The molecular weight excluding hydrogens is 427 g/mol. The number of halogens is 4. The Kier molecular flexibility index (Phi) is 5.78. The summed E-state index contributed by atoms with van der Waals surface area (Å²) in [7, 11) is 0. The van der Waals surface area contributed by atoms with E-state index in [-0.39, 0.29) is 5.75 Å². The van der Waals surface area contributed by atoms with Gasteiger partial charge in [-0.1, -0.05) is 42.8 Å². The Bertz CT molecular complexity index is 1190. The second kappa shape index (κ2) is 8.51. The normalized spacial score (nSPS) is 11.6. The van der Waals surface area contributed by atoms with Crippen LogP contribution in [0.4, 0.5) is 18.9 Å². The lowest BCUT2D eigenvalue weighted by molar-refractivity contribution is -0.274. The van der Waals surface area contributed by atoms with Gasteiger partial charge in [-0.2, -0.15) is 0 Å². The molecule has 0 fully saturated rings. The molecule has 0 unspecified atom stereocenters. The topological polar surface area (TPSA) is 38.6 Å². The number of ether oxygens (including phenoxy) is 1. The Hall–Kier alpha value is -3.19. The molecule has 0 aliphatic carbocycles. The Morgan fingerprint density at radius 1 is 0.968 bits per heavy atom. The van der Waals surface area contributed by atoms with Gasteiger partial charge in [-0.05, 0) is 53.9 Å². The van der Waals surface area contributed by atoms with Crippen LogP contribution in [0, 0.1) is 0 Å². The number of fused-ring (bicyclic) bond motifs is 1. The maximum Gasteiger partial charge on any atom is 0.573 e. The molecule has 2 aromatic carbocycles. The molecule has 0 amide bonds. The molecule has 0 saturated heterocycles. The van der Waals surface area contributed by atoms with Crippen molar-refractivity contribution < 1.29 is 17.9 Å². The average Bonchev–Trinajstić information content (AvgIpc) is 3.09. The van der Waals surface area contributed by atoms with Gasteiger partial charge in [0.25, 0.3) is 0 Å². The molecule has 0 spiro atoms. The maximum atomic E-state index is 12.3. The van der Waals surface area contributed by atoms with Crippen LogP contribution in [0.1, 0.15) is 18.3 Å². The highest BCUT2D eigenvalue weighted by Gasteiger charge is 2.30. The Morgan fingerprint density at radius 3 is 2.23 bits per heavy atom. The fraction of sp³-hybridized carbons (Fsp3) is 0.174. The quantitative estimate of drug-likeness (QED) is 0.357. The van der Waals surface area contributed by atoms with Crippen LogP contribution < -0.4 is 10.1 Å². The third-order valence-corrected chi connectivity index (χ3v) is 5.09. The van der Waals surface area contributed by atoms with Crippen molar-refractivity contribution in [1.29, 1.82) is 0 Å². The minimum absolute atomic E-state index is 0.241. The van der Waals surface area contributed by atoms with E-state index in [4.69, 9.17) is 11.6 Å². The third-order valence-electron chi connectivity index (χ3n) is 4.87. The molecule has 4 nitrogen and oxygen atoms in total. The van der Waals surface area contributed by atoms with Crippen molar-refractivity contribution in [3.8, 4) is 16.9 Å². The number of nitrogens with one attached hydrogen (secondary N) is 1. The molecule has 4 aromatic rings. The standard InChI is InChI=1S/C23H19ClF3N3O/c1-2-20-21(30-14-17(24)7-12-22(30)29-20)13-28-18-8-3-15(4-9-18)16-5-10-19(11-6-16)31-23(25,26)27/h3-12,14,28H,2,13H2,1H3. The molecule has 0 aliphatic heterocycles. The minimum Gasteiger partial charge on any atom is -0.406 e. The smallest absolute Gasteiger partial charge is 0.406 e. The van der Waals surface area contributed by atoms with Gasteiger partial charge < -0.3 is 14.5 Å². The highest BCUT2D eigenvalue weighted by Crippen LogP contribution is 2.27. The van der Waals surface area contributed by atoms with Crippen LogP contribution in [0.15, 0.2) is 66.9 Å². The second-order valence-electron chi connectivity index (χ2n) is 6.94. The molecule has 2 aromatic heterocycles. The molecule has 0 atom stereocenters. The summed E-state index contributed by atoms with van der Waals surface area (Å²) >= 11 is 6.14. The van der Waals surface area contributed by atoms with E-state index in [1.807, 2.05) is 47.0 Å². The highest BCUT2D eigenvalue weighted by molar-refractivity contribution is 6.30. The van der Waals surface area contributed by atoms with Gasteiger partial charge in [0, 0.05) is 11.9 Å². The van der Waals surface area contributed by atoms with E-state index in [1.165, 1.54) is 12.1 Å². The van der Waals surface area contributed by atoms with Gasteiger partial charge >= 0.3 is 6.36 Å². The molecule has 0 bridgehead atoms. The number of hydrogen-bond acceptors (Lipinski definition) is 3. The van der Waals surface area contributed by atoms with Crippen LogP contribution in [0.5, 0.6) is 5.75 Å². The van der Waals surface area contributed by atoms with Gasteiger partial charge in [-0.25, -0.2) is 4.98 Å². The number of aryl methyl sites for hydroxylation is 1. The first kappa shape index (κ1) is 21.1. The predicted octanol–water partition coefficient (Wildman–Crippen LogP) is 6.73. The van der Waals surface area contributed by atoms with Gasteiger partial charge in [0.2, 0.25) is 0 Å². The van der Waals surface area contributed by atoms with Crippen LogP contribution in [0.2, 0.25) is 5.02 Å². The van der Waals surface area contributed by atoms with E-state index in [0.29, 0.717) is 11.6 Å². The van der Waals surface area contributed by atoms with Crippen molar-refractivity contribution in [1.82, 2.24) is 9.38 Å². The van der Waals surface area contributed by atoms with Crippen molar-refractivity contribution in [2.45, 2.75) is 26.3 Å². The Balaban J connectivity index is 1.47. The van der Waals surface area contributed by atoms with E-state index in [9.17, 15) is 13.2 Å². The zero-order valence-corrected chi connectivity index (χ0v) is 17.3. The number of benzene rings is 2. The first-order chi connectivity index (χ1) is 14.8. The Labute approximate surface area is 182 Å². The van der Waals surface area contributed by atoms with Gasteiger partial charge in [-0.3, -0.25) is 0 Å². The highest BCUT2D eigenvalue weighted by atomic mass is 35.5. The molecule has 1 N–H and O–H groups in total. The van der Waals surface area contributed by atoms with Crippen LogP contribution in [0.3, 0.4) is 0 Å². The summed E-state index contributed by atoms with van der Waals surface area (Å²) < 4.78 is 42.8. The van der Waals surface area contributed by atoms with E-state index in [0.717, 1.165) is 40.3 Å². The molecule has 0 aliphatic rings. The SMILES string of the molecule is CCc1nc2ccc(Cl)cn2c1CNc1ccc(-c2ccc(OC(F)(F)F)cc2)cc1. The number of hydrogen-bond donors (Lipinski definition) is 1. The fourth-order valence-electron chi connectivity index (χ4n) is 3.40. The maximum absolute atomic E-state index is 12.3. The van der Waals surface area contributed by atoms with E-state index < -0.39 is 6.36 Å². The molecule has 4 rings (SSSR count). The van der Waals surface area contributed by atoms with Crippen molar-refractivity contribution in [3.05, 3.63) is 83.3 Å². The molecular formula is C23H19ClF3N3O. The third kappa shape index (κ3) is 4.94. The first-order valence-electron chi connectivity index (χ1n) is 9.68. The van der Waals surface area contributed by atoms with Crippen LogP contribution in [0.25, 0.3) is 16.8 Å². The van der Waals surface area contributed by atoms with E-state index in [2.05, 4.69) is 22.0 Å². The van der Waals surface area contributed by atoms with Crippen molar-refractivity contribution in [2.24, 2.45) is 0 Å². The molecule has 31 heavy (non-hydrogen) atoms. The number of imidazole rings is 1. The van der Waals surface area contributed by atoms with Crippen molar-refractivity contribution in [3.63, 3.8) is 0 Å².